The Morgan fingerprint density at radius 2 is 2.50 bits per heavy atom. The molecule has 0 aromatic rings. The van der Waals surface area contributed by atoms with Gasteiger partial charge in [0.2, 0.25) is 5.91 Å². The number of carbonyl (C=O) groups excluding carboxylic acids is 1. The highest BCUT2D eigenvalue weighted by Crippen LogP contribution is 1.93. The van der Waals surface area contributed by atoms with E-state index in [9.17, 15) is 4.79 Å². The van der Waals surface area contributed by atoms with E-state index in [0.29, 0.717) is 6.54 Å². The standard InChI is InChI=1S/C7H13N3O2/c1-12-6(5-9)4-7(11)10-3-2-8/h6H,3-5,9H2,1H3,(H,10,11). The van der Waals surface area contributed by atoms with Crippen molar-refractivity contribution in [2.24, 2.45) is 5.73 Å². The lowest BCUT2D eigenvalue weighted by Gasteiger charge is -2.10. The molecule has 0 aliphatic heterocycles. The van der Waals surface area contributed by atoms with Crippen molar-refractivity contribution >= 4 is 5.91 Å². The Morgan fingerprint density at radius 1 is 1.83 bits per heavy atom. The second-order valence-corrected chi connectivity index (χ2v) is 2.23. The fourth-order valence-corrected chi connectivity index (χ4v) is 0.680. The van der Waals surface area contributed by atoms with Crippen LogP contribution in [-0.2, 0) is 9.53 Å². The second-order valence-electron chi connectivity index (χ2n) is 2.23. The van der Waals surface area contributed by atoms with Gasteiger partial charge in [0.05, 0.1) is 18.6 Å². The largest absolute Gasteiger partial charge is 0.380 e. The summed E-state index contributed by atoms with van der Waals surface area (Å²) in [7, 11) is 1.50. The van der Waals surface area contributed by atoms with Crippen LogP contribution in [0.15, 0.2) is 0 Å². The van der Waals surface area contributed by atoms with Gasteiger partial charge in [-0.1, -0.05) is 0 Å². The van der Waals surface area contributed by atoms with Crippen molar-refractivity contribution in [2.75, 3.05) is 20.2 Å². The molecule has 12 heavy (non-hydrogen) atoms. The molecule has 5 nitrogen and oxygen atoms in total. The van der Waals surface area contributed by atoms with Crippen LogP contribution in [0.3, 0.4) is 0 Å². The maximum absolute atomic E-state index is 10.9. The van der Waals surface area contributed by atoms with Crippen molar-refractivity contribution in [1.29, 1.82) is 5.26 Å². The number of methoxy groups -OCH3 is 1. The van der Waals surface area contributed by atoms with Crippen molar-refractivity contribution in [3.05, 3.63) is 0 Å². The molecule has 3 N–H and O–H groups in total. The van der Waals surface area contributed by atoms with E-state index in [4.69, 9.17) is 15.7 Å². The monoisotopic (exact) mass is 171 g/mol. The van der Waals surface area contributed by atoms with Crippen LogP contribution in [0.2, 0.25) is 0 Å². The minimum absolute atomic E-state index is 0.0276. The molecule has 1 unspecified atom stereocenters. The number of hydrogen-bond acceptors (Lipinski definition) is 4. The molecule has 68 valence electrons. The number of carbonyl (C=O) groups is 1. The molecule has 0 spiro atoms. The Kier molecular flexibility index (Phi) is 5.97. The highest BCUT2D eigenvalue weighted by atomic mass is 16.5. The molecule has 0 aliphatic rings. The van der Waals surface area contributed by atoms with E-state index < -0.39 is 0 Å². The number of nitrogens with zero attached hydrogens (tertiary/aromatic N) is 1. The van der Waals surface area contributed by atoms with Gasteiger partial charge in [-0.3, -0.25) is 4.79 Å². The van der Waals surface area contributed by atoms with Crippen LogP contribution in [-0.4, -0.2) is 32.2 Å². The van der Waals surface area contributed by atoms with Gasteiger partial charge in [-0.2, -0.15) is 5.26 Å². The number of ether oxygens (including phenoxy) is 1. The van der Waals surface area contributed by atoms with Gasteiger partial charge in [0.1, 0.15) is 6.54 Å². The number of hydrogen-bond donors (Lipinski definition) is 2. The predicted octanol–water partition coefficient (Wildman–Crippen LogP) is -1.01. The molecule has 0 rings (SSSR count). The van der Waals surface area contributed by atoms with Crippen LogP contribution in [0.1, 0.15) is 6.42 Å². The smallest absolute Gasteiger partial charge is 0.223 e. The van der Waals surface area contributed by atoms with Gasteiger partial charge >= 0.3 is 0 Å². The van der Waals surface area contributed by atoms with Crippen molar-refractivity contribution in [2.45, 2.75) is 12.5 Å². The molecule has 1 amide bonds. The van der Waals surface area contributed by atoms with E-state index in [1.54, 1.807) is 6.07 Å². The Bertz CT molecular complexity index is 172. The molecule has 1 atom stereocenters. The summed E-state index contributed by atoms with van der Waals surface area (Å²) in [6.07, 6.45) is -0.0574. The lowest BCUT2D eigenvalue weighted by molar-refractivity contribution is -0.123. The van der Waals surface area contributed by atoms with Gasteiger partial charge in [-0.15, -0.1) is 0 Å². The SMILES string of the molecule is COC(CN)CC(=O)NCC#N. The molecule has 0 aromatic heterocycles. The minimum Gasteiger partial charge on any atom is -0.380 e. The van der Waals surface area contributed by atoms with Gasteiger partial charge in [0, 0.05) is 13.7 Å². The van der Waals surface area contributed by atoms with Crippen LogP contribution in [0.5, 0.6) is 0 Å². The molecule has 0 aliphatic carbocycles. The van der Waals surface area contributed by atoms with Crippen molar-refractivity contribution in [3.63, 3.8) is 0 Å². The highest BCUT2D eigenvalue weighted by Gasteiger charge is 2.09. The lowest BCUT2D eigenvalue weighted by Crippen LogP contribution is -2.32. The third kappa shape index (κ3) is 4.66. The van der Waals surface area contributed by atoms with Crippen LogP contribution in [0, 0.1) is 11.3 Å². The second kappa shape index (κ2) is 6.58. The summed E-state index contributed by atoms with van der Waals surface area (Å²) in [5.74, 6) is -0.214. The van der Waals surface area contributed by atoms with Crippen molar-refractivity contribution in [3.8, 4) is 6.07 Å². The van der Waals surface area contributed by atoms with Crippen molar-refractivity contribution < 1.29 is 9.53 Å². The maximum atomic E-state index is 10.9. The number of nitriles is 1. The summed E-state index contributed by atoms with van der Waals surface area (Å²) in [5, 5.41) is 10.5. The zero-order valence-electron chi connectivity index (χ0n) is 7.04. The normalized spacial score (nSPS) is 11.8. The molecule has 0 saturated carbocycles. The molecule has 0 aromatic carbocycles. The van der Waals surface area contributed by atoms with E-state index in [1.807, 2.05) is 0 Å². The summed E-state index contributed by atoms with van der Waals surface area (Å²) < 4.78 is 4.88. The van der Waals surface area contributed by atoms with E-state index in [1.165, 1.54) is 7.11 Å². The third-order valence-electron chi connectivity index (χ3n) is 1.37. The predicted molar refractivity (Wildman–Crippen MR) is 43.1 cm³/mol. The number of nitrogens with one attached hydrogen (secondary N) is 1. The van der Waals surface area contributed by atoms with Gasteiger partial charge in [-0.05, 0) is 0 Å². The van der Waals surface area contributed by atoms with Gasteiger partial charge in [0.15, 0.2) is 0 Å². The van der Waals surface area contributed by atoms with E-state index in [0.717, 1.165) is 0 Å². The van der Waals surface area contributed by atoms with E-state index in [2.05, 4.69) is 5.32 Å². The molecule has 0 heterocycles. The Morgan fingerprint density at radius 3 is 2.92 bits per heavy atom. The summed E-state index contributed by atoms with van der Waals surface area (Å²) in [5.41, 5.74) is 5.29. The number of nitrogens with two attached hydrogens (primary N) is 1. The van der Waals surface area contributed by atoms with Crippen LogP contribution < -0.4 is 11.1 Å². The molecule has 0 saturated heterocycles. The molecular formula is C7H13N3O2. The summed E-state index contributed by atoms with van der Waals surface area (Å²) >= 11 is 0. The fraction of sp³-hybridized carbons (Fsp3) is 0.714. The zero-order chi connectivity index (χ0) is 9.40. The van der Waals surface area contributed by atoms with Crippen molar-refractivity contribution in [1.82, 2.24) is 5.32 Å². The Hall–Kier alpha value is -1.12. The van der Waals surface area contributed by atoms with E-state index in [-0.39, 0.29) is 25.0 Å². The molecule has 0 radical (unpaired) electrons. The van der Waals surface area contributed by atoms with Crippen LogP contribution >= 0.6 is 0 Å². The van der Waals surface area contributed by atoms with Gasteiger partial charge < -0.3 is 15.8 Å². The lowest BCUT2D eigenvalue weighted by atomic mass is 10.2. The zero-order valence-corrected chi connectivity index (χ0v) is 7.04. The first kappa shape index (κ1) is 10.9. The first-order valence-electron chi connectivity index (χ1n) is 3.61. The average Bonchev–Trinajstić information content (AvgIpc) is 2.10. The molecular weight excluding hydrogens is 158 g/mol. The summed E-state index contributed by atoms with van der Waals surface area (Å²) in [4.78, 5) is 10.9. The maximum Gasteiger partial charge on any atom is 0.223 e. The number of amides is 1. The minimum atomic E-state index is -0.260. The van der Waals surface area contributed by atoms with Gasteiger partial charge in [-0.25, -0.2) is 0 Å². The molecule has 0 fully saturated rings. The molecule has 5 heteroatoms. The number of rotatable bonds is 5. The van der Waals surface area contributed by atoms with Crippen LogP contribution in [0.25, 0.3) is 0 Å². The summed E-state index contributed by atoms with van der Waals surface area (Å²) in [6, 6.07) is 1.80. The van der Waals surface area contributed by atoms with Gasteiger partial charge in [0.25, 0.3) is 0 Å². The quantitative estimate of drug-likeness (QED) is 0.519. The highest BCUT2D eigenvalue weighted by molar-refractivity contribution is 5.76. The third-order valence-corrected chi connectivity index (χ3v) is 1.37. The summed E-state index contributed by atoms with van der Waals surface area (Å²) in [6.45, 7) is 0.330. The molecule has 0 bridgehead atoms. The first-order valence-corrected chi connectivity index (χ1v) is 3.61. The van der Waals surface area contributed by atoms with Crippen LogP contribution in [0.4, 0.5) is 0 Å². The Labute approximate surface area is 71.5 Å². The first-order chi connectivity index (χ1) is 5.74. The average molecular weight is 171 g/mol. The topological polar surface area (TPSA) is 88.1 Å². The van der Waals surface area contributed by atoms with E-state index >= 15 is 0 Å². The Balaban J connectivity index is 3.60. The fourth-order valence-electron chi connectivity index (χ4n) is 0.680.